The SMILES string of the molecule is NC[C@H]1CC[C@@H](C(=O)NCC2(c3ccc(F)cc3)CCOCC2)O1. The molecule has 0 unspecified atom stereocenters. The van der Waals surface area contributed by atoms with Crippen LogP contribution >= 0.6 is 0 Å². The van der Waals surface area contributed by atoms with Crippen molar-refractivity contribution in [1.29, 1.82) is 0 Å². The van der Waals surface area contributed by atoms with Crippen LogP contribution in [-0.2, 0) is 19.7 Å². The molecule has 0 aromatic heterocycles. The molecule has 0 spiro atoms. The predicted octanol–water partition coefficient (Wildman–Crippen LogP) is 1.50. The zero-order chi connectivity index (χ0) is 17.0. The molecule has 1 aromatic carbocycles. The van der Waals surface area contributed by atoms with Gasteiger partial charge in [0.1, 0.15) is 11.9 Å². The maximum absolute atomic E-state index is 13.2. The summed E-state index contributed by atoms with van der Waals surface area (Å²) in [6.45, 7) is 2.24. The highest BCUT2D eigenvalue weighted by molar-refractivity contribution is 5.81. The van der Waals surface area contributed by atoms with Crippen LogP contribution in [-0.4, -0.2) is 44.4 Å². The van der Waals surface area contributed by atoms with Crippen LogP contribution in [0, 0.1) is 5.82 Å². The predicted molar refractivity (Wildman–Crippen MR) is 88.1 cm³/mol. The highest BCUT2D eigenvalue weighted by atomic mass is 19.1. The van der Waals surface area contributed by atoms with Gasteiger partial charge in [-0.25, -0.2) is 4.39 Å². The summed E-state index contributed by atoms with van der Waals surface area (Å²) in [6.07, 6.45) is 2.70. The second-order valence-corrected chi connectivity index (χ2v) is 6.68. The average Bonchev–Trinajstić information content (AvgIpc) is 3.10. The van der Waals surface area contributed by atoms with Gasteiger partial charge in [-0.2, -0.15) is 0 Å². The minimum atomic E-state index is -0.413. The van der Waals surface area contributed by atoms with Crippen molar-refractivity contribution in [2.75, 3.05) is 26.3 Å². The molecule has 2 atom stereocenters. The number of amides is 1. The molecular weight excluding hydrogens is 311 g/mol. The molecule has 3 N–H and O–H groups in total. The van der Waals surface area contributed by atoms with Gasteiger partial charge >= 0.3 is 0 Å². The van der Waals surface area contributed by atoms with E-state index in [4.69, 9.17) is 15.2 Å². The Kier molecular flexibility index (Phi) is 5.48. The van der Waals surface area contributed by atoms with Gasteiger partial charge in [0, 0.05) is 31.7 Å². The summed E-state index contributed by atoms with van der Waals surface area (Å²) in [4.78, 5) is 12.4. The van der Waals surface area contributed by atoms with Crippen LogP contribution in [0.15, 0.2) is 24.3 Å². The number of halogens is 1. The largest absolute Gasteiger partial charge is 0.381 e. The Labute approximate surface area is 141 Å². The molecule has 2 saturated heterocycles. The van der Waals surface area contributed by atoms with Crippen LogP contribution in [0.5, 0.6) is 0 Å². The number of hydrogen-bond donors (Lipinski definition) is 2. The fourth-order valence-electron chi connectivity index (χ4n) is 3.58. The summed E-state index contributed by atoms with van der Waals surface area (Å²) in [6, 6.07) is 6.56. The third-order valence-corrected chi connectivity index (χ3v) is 5.17. The monoisotopic (exact) mass is 336 g/mol. The molecule has 1 amide bonds. The molecule has 0 bridgehead atoms. The molecule has 3 rings (SSSR count). The van der Waals surface area contributed by atoms with E-state index in [1.54, 1.807) is 0 Å². The zero-order valence-corrected chi connectivity index (χ0v) is 13.8. The maximum Gasteiger partial charge on any atom is 0.249 e. The van der Waals surface area contributed by atoms with Crippen molar-refractivity contribution in [1.82, 2.24) is 5.32 Å². The third kappa shape index (κ3) is 3.77. The molecule has 2 aliphatic heterocycles. The molecule has 5 nitrogen and oxygen atoms in total. The van der Waals surface area contributed by atoms with Crippen LogP contribution in [0.1, 0.15) is 31.2 Å². The maximum atomic E-state index is 13.2. The van der Waals surface area contributed by atoms with Crippen LogP contribution < -0.4 is 11.1 Å². The van der Waals surface area contributed by atoms with Crippen molar-refractivity contribution in [3.63, 3.8) is 0 Å². The fourth-order valence-corrected chi connectivity index (χ4v) is 3.58. The van der Waals surface area contributed by atoms with Crippen LogP contribution in [0.2, 0.25) is 0 Å². The van der Waals surface area contributed by atoms with E-state index in [0.29, 0.717) is 32.7 Å². The number of hydrogen-bond acceptors (Lipinski definition) is 4. The lowest BCUT2D eigenvalue weighted by atomic mass is 9.74. The van der Waals surface area contributed by atoms with Crippen molar-refractivity contribution in [2.45, 2.75) is 43.3 Å². The summed E-state index contributed by atoms with van der Waals surface area (Å²) in [7, 11) is 0. The first kappa shape index (κ1) is 17.3. The minimum Gasteiger partial charge on any atom is -0.381 e. The van der Waals surface area contributed by atoms with Gasteiger partial charge < -0.3 is 20.5 Å². The lowest BCUT2D eigenvalue weighted by Crippen LogP contribution is -2.47. The quantitative estimate of drug-likeness (QED) is 0.854. The summed E-state index contributed by atoms with van der Waals surface area (Å²) >= 11 is 0. The van der Waals surface area contributed by atoms with E-state index in [9.17, 15) is 9.18 Å². The number of nitrogens with two attached hydrogens (primary N) is 1. The van der Waals surface area contributed by atoms with Crippen LogP contribution in [0.25, 0.3) is 0 Å². The van der Waals surface area contributed by atoms with E-state index in [2.05, 4.69) is 5.32 Å². The minimum absolute atomic E-state index is 0.0186. The molecule has 132 valence electrons. The number of ether oxygens (including phenoxy) is 2. The first-order valence-corrected chi connectivity index (χ1v) is 8.60. The number of nitrogens with one attached hydrogen (secondary N) is 1. The Hall–Kier alpha value is -1.50. The molecule has 2 aliphatic rings. The van der Waals surface area contributed by atoms with Crippen LogP contribution in [0.4, 0.5) is 4.39 Å². The van der Waals surface area contributed by atoms with E-state index >= 15 is 0 Å². The van der Waals surface area contributed by atoms with E-state index in [1.165, 1.54) is 12.1 Å². The second kappa shape index (κ2) is 7.59. The van der Waals surface area contributed by atoms with Gasteiger partial charge in [0.15, 0.2) is 0 Å². The highest BCUT2D eigenvalue weighted by Gasteiger charge is 2.36. The number of carbonyl (C=O) groups is 1. The van der Waals surface area contributed by atoms with E-state index < -0.39 is 6.10 Å². The molecule has 1 aromatic rings. The lowest BCUT2D eigenvalue weighted by molar-refractivity contribution is -0.132. The third-order valence-electron chi connectivity index (χ3n) is 5.17. The van der Waals surface area contributed by atoms with Gasteiger partial charge in [-0.05, 0) is 43.4 Å². The van der Waals surface area contributed by atoms with Gasteiger partial charge in [0.2, 0.25) is 5.91 Å². The van der Waals surface area contributed by atoms with Crippen molar-refractivity contribution in [3.8, 4) is 0 Å². The molecule has 6 heteroatoms. The van der Waals surface area contributed by atoms with Gasteiger partial charge in [-0.3, -0.25) is 4.79 Å². The first-order chi connectivity index (χ1) is 11.6. The van der Waals surface area contributed by atoms with E-state index in [-0.39, 0.29) is 23.2 Å². The molecule has 2 fully saturated rings. The Bertz CT molecular complexity index is 558. The lowest BCUT2D eigenvalue weighted by Gasteiger charge is -2.38. The fraction of sp³-hybridized carbons (Fsp3) is 0.611. The zero-order valence-electron chi connectivity index (χ0n) is 13.8. The van der Waals surface area contributed by atoms with Crippen LogP contribution in [0.3, 0.4) is 0 Å². The molecule has 2 heterocycles. The molecule has 24 heavy (non-hydrogen) atoms. The first-order valence-electron chi connectivity index (χ1n) is 8.60. The topological polar surface area (TPSA) is 73.6 Å². The van der Waals surface area contributed by atoms with Gasteiger partial charge in [0.05, 0.1) is 6.10 Å². The number of rotatable bonds is 5. The Balaban J connectivity index is 1.66. The highest BCUT2D eigenvalue weighted by Crippen LogP contribution is 2.34. The summed E-state index contributed by atoms with van der Waals surface area (Å²) < 4.78 is 24.4. The van der Waals surface area contributed by atoms with Crippen molar-refractivity contribution in [3.05, 3.63) is 35.6 Å². The summed E-state index contributed by atoms with van der Waals surface area (Å²) in [5.74, 6) is -0.337. The van der Waals surface area contributed by atoms with Gasteiger partial charge in [-0.1, -0.05) is 12.1 Å². The Morgan fingerprint density at radius 1 is 1.25 bits per heavy atom. The summed E-state index contributed by atoms with van der Waals surface area (Å²) in [5, 5.41) is 3.04. The van der Waals surface area contributed by atoms with Crippen molar-refractivity contribution >= 4 is 5.91 Å². The second-order valence-electron chi connectivity index (χ2n) is 6.68. The number of carbonyl (C=O) groups excluding carboxylic acids is 1. The molecule has 0 aliphatic carbocycles. The standard InChI is InChI=1S/C18H25FN2O3/c19-14-3-1-13(2-4-14)18(7-9-23-10-8-18)12-21-17(22)16-6-5-15(11-20)24-16/h1-4,15-16H,5-12,20H2,(H,21,22)/t15-,16+/m1/s1. The molecule has 0 saturated carbocycles. The number of benzene rings is 1. The van der Waals surface area contributed by atoms with Gasteiger partial charge in [0.25, 0.3) is 0 Å². The average molecular weight is 336 g/mol. The van der Waals surface area contributed by atoms with Crippen molar-refractivity contribution < 1.29 is 18.7 Å². The van der Waals surface area contributed by atoms with E-state index in [0.717, 1.165) is 24.8 Å². The van der Waals surface area contributed by atoms with E-state index in [1.807, 2.05) is 12.1 Å². The van der Waals surface area contributed by atoms with Gasteiger partial charge in [-0.15, -0.1) is 0 Å². The normalized spacial score (nSPS) is 26.2. The smallest absolute Gasteiger partial charge is 0.249 e. The van der Waals surface area contributed by atoms with Crippen molar-refractivity contribution in [2.24, 2.45) is 5.73 Å². The Morgan fingerprint density at radius 3 is 2.58 bits per heavy atom. The Morgan fingerprint density at radius 2 is 1.96 bits per heavy atom. The molecule has 0 radical (unpaired) electrons. The molecular formula is C18H25FN2O3. The summed E-state index contributed by atoms with van der Waals surface area (Å²) in [5.41, 5.74) is 6.42.